The third-order valence-electron chi connectivity index (χ3n) is 2.16. The lowest BCUT2D eigenvalue weighted by Crippen LogP contribution is -2.01. The molecule has 0 aliphatic rings. The predicted octanol–water partition coefficient (Wildman–Crippen LogP) is 3.28. The Morgan fingerprint density at radius 2 is 2.31 bits per heavy atom. The molecule has 0 saturated carbocycles. The molecule has 86 valence electrons. The third-order valence-corrected chi connectivity index (χ3v) is 5.52. The standard InChI is InChI=1S/C10H10Br2N2OS/c1-14-3-2-6(13-14)4-8(15)9-5-7(11)10(12)16-9/h2-3,5,8,15H,4H2,1H3. The number of hydrogen-bond acceptors (Lipinski definition) is 3. The summed E-state index contributed by atoms with van der Waals surface area (Å²) in [6, 6.07) is 3.85. The third kappa shape index (κ3) is 2.74. The van der Waals surface area contributed by atoms with Crippen LogP contribution in [0.3, 0.4) is 0 Å². The van der Waals surface area contributed by atoms with E-state index < -0.39 is 6.10 Å². The Hall–Kier alpha value is -0.170. The van der Waals surface area contributed by atoms with Crippen molar-refractivity contribution in [2.45, 2.75) is 12.5 Å². The zero-order chi connectivity index (χ0) is 11.7. The first-order valence-corrected chi connectivity index (χ1v) is 7.08. The van der Waals surface area contributed by atoms with Crippen LogP contribution in [0.25, 0.3) is 0 Å². The minimum Gasteiger partial charge on any atom is -0.387 e. The summed E-state index contributed by atoms with van der Waals surface area (Å²) in [4.78, 5) is 0.935. The number of aliphatic hydroxyl groups excluding tert-OH is 1. The zero-order valence-corrected chi connectivity index (χ0v) is 12.5. The van der Waals surface area contributed by atoms with Gasteiger partial charge < -0.3 is 5.11 Å². The number of nitrogens with zero attached hydrogens (tertiary/aromatic N) is 2. The molecule has 3 nitrogen and oxygen atoms in total. The zero-order valence-electron chi connectivity index (χ0n) is 8.52. The summed E-state index contributed by atoms with van der Waals surface area (Å²) in [5, 5.41) is 14.3. The number of thiophene rings is 1. The quantitative estimate of drug-likeness (QED) is 0.906. The molecule has 0 bridgehead atoms. The van der Waals surface area contributed by atoms with E-state index in [1.165, 1.54) is 11.3 Å². The normalized spacial score (nSPS) is 13.0. The van der Waals surface area contributed by atoms with Crippen LogP contribution in [0.2, 0.25) is 0 Å². The minimum atomic E-state index is -0.498. The Labute approximate surface area is 114 Å². The van der Waals surface area contributed by atoms with Crippen molar-refractivity contribution >= 4 is 43.2 Å². The van der Waals surface area contributed by atoms with E-state index >= 15 is 0 Å². The van der Waals surface area contributed by atoms with Crippen molar-refractivity contribution in [1.29, 1.82) is 0 Å². The van der Waals surface area contributed by atoms with Gasteiger partial charge in [-0.3, -0.25) is 4.68 Å². The molecule has 0 fully saturated rings. The highest BCUT2D eigenvalue weighted by atomic mass is 79.9. The summed E-state index contributed by atoms with van der Waals surface area (Å²) in [6.07, 6.45) is 1.92. The van der Waals surface area contributed by atoms with Crippen LogP contribution in [0.5, 0.6) is 0 Å². The molecule has 2 rings (SSSR count). The number of hydrogen-bond donors (Lipinski definition) is 1. The first-order valence-electron chi connectivity index (χ1n) is 4.67. The Morgan fingerprint density at radius 3 is 2.81 bits per heavy atom. The van der Waals surface area contributed by atoms with E-state index in [-0.39, 0.29) is 0 Å². The summed E-state index contributed by atoms with van der Waals surface area (Å²) < 4.78 is 3.72. The van der Waals surface area contributed by atoms with Crippen LogP contribution in [0.1, 0.15) is 16.7 Å². The number of aryl methyl sites for hydroxylation is 1. The van der Waals surface area contributed by atoms with Crippen LogP contribution in [-0.4, -0.2) is 14.9 Å². The van der Waals surface area contributed by atoms with E-state index in [2.05, 4.69) is 37.0 Å². The van der Waals surface area contributed by atoms with Gasteiger partial charge in [0.2, 0.25) is 0 Å². The van der Waals surface area contributed by atoms with Crippen LogP contribution in [0.4, 0.5) is 0 Å². The average Bonchev–Trinajstić information content (AvgIpc) is 2.75. The molecular formula is C10H10Br2N2OS. The molecule has 1 atom stereocenters. The fourth-order valence-electron chi connectivity index (χ4n) is 1.40. The monoisotopic (exact) mass is 364 g/mol. The summed E-state index contributed by atoms with van der Waals surface area (Å²) in [7, 11) is 1.87. The highest BCUT2D eigenvalue weighted by Crippen LogP contribution is 2.36. The van der Waals surface area contributed by atoms with Gasteiger partial charge in [0.15, 0.2) is 0 Å². The van der Waals surface area contributed by atoms with E-state index in [0.29, 0.717) is 6.42 Å². The Morgan fingerprint density at radius 1 is 1.56 bits per heavy atom. The maximum Gasteiger partial charge on any atom is 0.0938 e. The second-order valence-corrected chi connectivity index (χ2v) is 6.73. The molecule has 0 spiro atoms. The maximum absolute atomic E-state index is 10.0. The van der Waals surface area contributed by atoms with Crippen LogP contribution < -0.4 is 0 Å². The highest BCUT2D eigenvalue weighted by Gasteiger charge is 2.14. The van der Waals surface area contributed by atoms with Crippen LogP contribution in [-0.2, 0) is 13.5 Å². The SMILES string of the molecule is Cn1ccc(CC(O)c2cc(Br)c(Br)s2)n1. The highest BCUT2D eigenvalue weighted by molar-refractivity contribution is 9.13. The lowest BCUT2D eigenvalue weighted by atomic mass is 10.2. The largest absolute Gasteiger partial charge is 0.387 e. The van der Waals surface area contributed by atoms with Crippen molar-refractivity contribution in [3.05, 3.63) is 37.2 Å². The molecule has 0 saturated heterocycles. The van der Waals surface area contributed by atoms with Gasteiger partial charge in [-0.05, 0) is 44.0 Å². The van der Waals surface area contributed by atoms with Crippen LogP contribution in [0, 0.1) is 0 Å². The van der Waals surface area contributed by atoms with E-state index in [1.807, 2.05) is 25.4 Å². The summed E-state index contributed by atoms with van der Waals surface area (Å²) in [5.41, 5.74) is 0.899. The summed E-state index contributed by atoms with van der Waals surface area (Å²) in [5.74, 6) is 0. The number of halogens is 2. The Balaban J connectivity index is 2.11. The number of aliphatic hydroxyl groups is 1. The van der Waals surface area contributed by atoms with Gasteiger partial charge in [-0.15, -0.1) is 11.3 Å². The molecule has 0 aliphatic carbocycles. The fourth-order valence-corrected chi connectivity index (χ4v) is 3.47. The predicted molar refractivity (Wildman–Crippen MR) is 71.6 cm³/mol. The van der Waals surface area contributed by atoms with Gasteiger partial charge >= 0.3 is 0 Å². The first kappa shape index (κ1) is 12.3. The number of rotatable bonds is 3. The molecule has 2 aromatic heterocycles. The van der Waals surface area contributed by atoms with E-state index in [0.717, 1.165) is 18.8 Å². The molecule has 0 radical (unpaired) electrons. The van der Waals surface area contributed by atoms with Gasteiger partial charge in [0.25, 0.3) is 0 Å². The minimum absolute atomic E-state index is 0.498. The second kappa shape index (κ2) is 5.00. The summed E-state index contributed by atoms with van der Waals surface area (Å²) >= 11 is 8.35. The van der Waals surface area contributed by atoms with E-state index in [4.69, 9.17) is 0 Å². The lowest BCUT2D eigenvalue weighted by molar-refractivity contribution is 0.181. The topological polar surface area (TPSA) is 38.0 Å². The molecule has 2 heterocycles. The van der Waals surface area contributed by atoms with Gasteiger partial charge in [0.05, 0.1) is 15.6 Å². The molecule has 1 unspecified atom stereocenters. The van der Waals surface area contributed by atoms with Gasteiger partial charge in [-0.2, -0.15) is 5.10 Å². The molecule has 0 amide bonds. The van der Waals surface area contributed by atoms with Crippen molar-refractivity contribution in [2.75, 3.05) is 0 Å². The van der Waals surface area contributed by atoms with Crippen molar-refractivity contribution in [3.8, 4) is 0 Å². The first-order chi connectivity index (χ1) is 7.56. The fraction of sp³-hybridized carbons (Fsp3) is 0.300. The molecule has 0 aromatic carbocycles. The number of aromatic nitrogens is 2. The maximum atomic E-state index is 10.0. The molecule has 1 N–H and O–H groups in total. The average molecular weight is 366 g/mol. The van der Waals surface area contributed by atoms with Crippen molar-refractivity contribution < 1.29 is 5.11 Å². The van der Waals surface area contributed by atoms with Crippen LogP contribution >= 0.6 is 43.2 Å². The van der Waals surface area contributed by atoms with Gasteiger partial charge in [0, 0.05) is 29.0 Å². The Bertz CT molecular complexity index is 475. The molecular weight excluding hydrogens is 356 g/mol. The van der Waals surface area contributed by atoms with Gasteiger partial charge in [0.1, 0.15) is 0 Å². The van der Waals surface area contributed by atoms with Gasteiger partial charge in [-0.1, -0.05) is 0 Å². The smallest absolute Gasteiger partial charge is 0.0938 e. The van der Waals surface area contributed by atoms with Crippen molar-refractivity contribution in [2.24, 2.45) is 7.05 Å². The second-order valence-electron chi connectivity index (χ2n) is 3.47. The van der Waals surface area contributed by atoms with Crippen molar-refractivity contribution in [1.82, 2.24) is 9.78 Å². The molecule has 0 aliphatic heterocycles. The Kier molecular flexibility index (Phi) is 3.84. The summed E-state index contributed by atoms with van der Waals surface area (Å²) in [6.45, 7) is 0. The van der Waals surface area contributed by atoms with Crippen molar-refractivity contribution in [3.63, 3.8) is 0 Å². The van der Waals surface area contributed by atoms with E-state index in [1.54, 1.807) is 4.68 Å². The molecule has 2 aromatic rings. The molecule has 6 heteroatoms. The van der Waals surface area contributed by atoms with Crippen LogP contribution in [0.15, 0.2) is 26.6 Å². The lowest BCUT2D eigenvalue weighted by Gasteiger charge is -2.05. The van der Waals surface area contributed by atoms with Gasteiger partial charge in [-0.25, -0.2) is 0 Å². The molecule has 16 heavy (non-hydrogen) atoms. The van der Waals surface area contributed by atoms with E-state index in [9.17, 15) is 5.11 Å².